The Labute approximate surface area is 105 Å². The third-order valence-corrected chi connectivity index (χ3v) is 4.08. The van der Waals surface area contributed by atoms with Crippen LogP contribution < -0.4 is 4.90 Å². The first-order valence-electron chi connectivity index (χ1n) is 5.90. The van der Waals surface area contributed by atoms with Crippen molar-refractivity contribution in [2.24, 2.45) is 0 Å². The first-order chi connectivity index (χ1) is 8.20. The fourth-order valence-corrected chi connectivity index (χ4v) is 2.94. The smallest absolute Gasteiger partial charge is 0.345 e. The number of likely N-dealkylation sites (N-methyl/N-ethyl adjacent to an activating group) is 1. The zero-order chi connectivity index (χ0) is 12.3. The molecule has 2 heterocycles. The van der Waals surface area contributed by atoms with Crippen molar-refractivity contribution in [3.8, 4) is 0 Å². The summed E-state index contributed by atoms with van der Waals surface area (Å²) >= 11 is 1.33. The summed E-state index contributed by atoms with van der Waals surface area (Å²) in [4.78, 5) is 13.4. The molecule has 1 saturated heterocycles. The highest BCUT2D eigenvalue weighted by Crippen LogP contribution is 2.27. The molecule has 1 unspecified atom stereocenters. The van der Waals surface area contributed by atoms with Gasteiger partial charge in [-0.3, -0.25) is 0 Å². The van der Waals surface area contributed by atoms with Crippen molar-refractivity contribution in [3.05, 3.63) is 17.0 Å². The molecule has 17 heavy (non-hydrogen) atoms. The van der Waals surface area contributed by atoms with Crippen molar-refractivity contribution in [3.63, 3.8) is 0 Å². The first-order valence-corrected chi connectivity index (χ1v) is 6.72. The molecule has 1 N–H and O–H groups in total. The van der Waals surface area contributed by atoms with Crippen LogP contribution in [0.1, 0.15) is 29.4 Å². The lowest BCUT2D eigenvalue weighted by Gasteiger charge is -2.24. The summed E-state index contributed by atoms with van der Waals surface area (Å²) in [6.07, 6.45) is 2.53. The van der Waals surface area contributed by atoms with E-state index in [9.17, 15) is 4.79 Å². The third kappa shape index (κ3) is 2.98. The molecule has 0 aromatic carbocycles. The lowest BCUT2D eigenvalue weighted by Crippen LogP contribution is -2.31. The van der Waals surface area contributed by atoms with Crippen LogP contribution in [0.25, 0.3) is 0 Å². The van der Waals surface area contributed by atoms with E-state index in [1.165, 1.54) is 11.3 Å². The topological polar surface area (TPSA) is 49.8 Å². The number of rotatable bonds is 5. The molecule has 1 fully saturated rings. The van der Waals surface area contributed by atoms with Gasteiger partial charge in [-0.25, -0.2) is 4.79 Å². The van der Waals surface area contributed by atoms with Crippen molar-refractivity contribution in [1.82, 2.24) is 0 Å². The van der Waals surface area contributed by atoms with Gasteiger partial charge in [-0.05, 0) is 31.9 Å². The molecule has 0 bridgehead atoms. The summed E-state index contributed by atoms with van der Waals surface area (Å²) in [7, 11) is 0. The van der Waals surface area contributed by atoms with Crippen LogP contribution in [0, 0.1) is 0 Å². The quantitative estimate of drug-likeness (QED) is 0.878. The lowest BCUT2D eigenvalue weighted by molar-refractivity contribution is 0.0702. The molecule has 0 aliphatic carbocycles. The predicted molar refractivity (Wildman–Crippen MR) is 68.1 cm³/mol. The number of carboxylic acids is 1. The second-order valence-electron chi connectivity index (χ2n) is 4.12. The van der Waals surface area contributed by atoms with Crippen molar-refractivity contribution in [2.45, 2.75) is 25.9 Å². The van der Waals surface area contributed by atoms with Gasteiger partial charge in [0.2, 0.25) is 0 Å². The Balaban J connectivity index is 2.02. The van der Waals surface area contributed by atoms with Gasteiger partial charge in [-0.2, -0.15) is 0 Å². The Bertz CT molecular complexity index is 385. The van der Waals surface area contributed by atoms with Crippen molar-refractivity contribution in [2.75, 3.05) is 24.6 Å². The fourth-order valence-electron chi connectivity index (χ4n) is 2.02. The number of carbonyl (C=O) groups is 1. The maximum Gasteiger partial charge on any atom is 0.345 e. The van der Waals surface area contributed by atoms with E-state index in [0.717, 1.165) is 37.5 Å². The maximum atomic E-state index is 10.8. The lowest BCUT2D eigenvalue weighted by atomic mass is 10.2. The molecular weight excluding hydrogens is 238 g/mol. The largest absolute Gasteiger partial charge is 0.477 e. The summed E-state index contributed by atoms with van der Waals surface area (Å²) in [6.45, 7) is 4.66. The standard InChI is InChI=1S/C12H17NO3S/c1-2-13(8-9-4-3-7-16-9)11-6-5-10(17-11)12(14)15/h5-6,9H,2-4,7-8H2,1H3,(H,14,15). The van der Waals surface area contributed by atoms with Crippen molar-refractivity contribution < 1.29 is 14.6 Å². The molecule has 1 aromatic rings. The van der Waals surface area contributed by atoms with Crippen LogP contribution in [0.5, 0.6) is 0 Å². The molecule has 5 heteroatoms. The number of aromatic carboxylic acids is 1. The second-order valence-corrected chi connectivity index (χ2v) is 5.18. The minimum atomic E-state index is -0.852. The fraction of sp³-hybridized carbons (Fsp3) is 0.583. The predicted octanol–water partition coefficient (Wildman–Crippen LogP) is 2.45. The number of nitrogens with zero attached hydrogens (tertiary/aromatic N) is 1. The number of anilines is 1. The summed E-state index contributed by atoms with van der Waals surface area (Å²) in [5.41, 5.74) is 0. The van der Waals surface area contributed by atoms with Gasteiger partial charge in [0.1, 0.15) is 4.88 Å². The van der Waals surface area contributed by atoms with Crippen LogP contribution in [0.2, 0.25) is 0 Å². The van der Waals surface area contributed by atoms with Gasteiger partial charge in [0, 0.05) is 19.7 Å². The number of ether oxygens (including phenoxy) is 1. The molecule has 0 saturated carbocycles. The molecule has 1 aliphatic heterocycles. The van der Waals surface area contributed by atoms with Crippen LogP contribution in [0.15, 0.2) is 12.1 Å². The summed E-state index contributed by atoms with van der Waals surface area (Å²) < 4.78 is 5.61. The van der Waals surface area contributed by atoms with Crippen molar-refractivity contribution >= 4 is 22.3 Å². The molecule has 1 aromatic heterocycles. The molecule has 1 atom stereocenters. The van der Waals surface area contributed by atoms with E-state index >= 15 is 0 Å². The summed E-state index contributed by atoms with van der Waals surface area (Å²) in [6, 6.07) is 3.55. The minimum Gasteiger partial charge on any atom is -0.477 e. The van der Waals surface area contributed by atoms with Gasteiger partial charge in [-0.15, -0.1) is 11.3 Å². The maximum absolute atomic E-state index is 10.8. The number of thiophene rings is 1. The highest BCUT2D eigenvalue weighted by atomic mass is 32.1. The van der Waals surface area contributed by atoms with Crippen LogP contribution in [-0.2, 0) is 4.74 Å². The van der Waals surface area contributed by atoms with Gasteiger partial charge in [0.15, 0.2) is 0 Å². The monoisotopic (exact) mass is 255 g/mol. The SMILES string of the molecule is CCN(CC1CCCO1)c1ccc(C(=O)O)s1. The molecule has 94 valence electrons. The average Bonchev–Trinajstić information content (AvgIpc) is 2.96. The molecule has 1 aliphatic rings. The zero-order valence-electron chi connectivity index (χ0n) is 9.89. The Morgan fingerprint density at radius 1 is 1.65 bits per heavy atom. The van der Waals surface area contributed by atoms with Crippen LogP contribution >= 0.6 is 11.3 Å². The molecule has 0 spiro atoms. The van der Waals surface area contributed by atoms with E-state index in [-0.39, 0.29) is 0 Å². The van der Waals surface area contributed by atoms with Gasteiger partial charge >= 0.3 is 5.97 Å². The van der Waals surface area contributed by atoms with Crippen LogP contribution in [-0.4, -0.2) is 36.9 Å². The molecular formula is C12H17NO3S. The molecule has 0 amide bonds. The second kappa shape index (κ2) is 5.51. The Morgan fingerprint density at radius 3 is 3.00 bits per heavy atom. The Hall–Kier alpha value is -1.07. The number of hydrogen-bond acceptors (Lipinski definition) is 4. The molecule has 2 rings (SSSR count). The Kier molecular flexibility index (Phi) is 4.02. The third-order valence-electron chi connectivity index (χ3n) is 2.94. The van der Waals surface area contributed by atoms with Gasteiger partial charge in [-0.1, -0.05) is 0 Å². The van der Waals surface area contributed by atoms with Crippen molar-refractivity contribution in [1.29, 1.82) is 0 Å². The van der Waals surface area contributed by atoms with E-state index in [2.05, 4.69) is 11.8 Å². The van der Waals surface area contributed by atoms with Gasteiger partial charge in [0.25, 0.3) is 0 Å². The van der Waals surface area contributed by atoms with E-state index in [4.69, 9.17) is 9.84 Å². The molecule has 0 radical (unpaired) electrons. The van der Waals surface area contributed by atoms with Crippen LogP contribution in [0.4, 0.5) is 5.00 Å². The minimum absolute atomic E-state index is 0.297. The number of carboxylic acid groups (broad SMARTS) is 1. The Morgan fingerprint density at radius 2 is 2.47 bits per heavy atom. The first kappa shape index (κ1) is 12.4. The average molecular weight is 255 g/mol. The normalized spacial score (nSPS) is 19.5. The highest BCUT2D eigenvalue weighted by Gasteiger charge is 2.20. The van der Waals surface area contributed by atoms with E-state index in [1.807, 2.05) is 6.07 Å². The zero-order valence-corrected chi connectivity index (χ0v) is 10.7. The van der Waals surface area contributed by atoms with Gasteiger partial charge < -0.3 is 14.7 Å². The van der Waals surface area contributed by atoms with E-state index < -0.39 is 5.97 Å². The highest BCUT2D eigenvalue weighted by molar-refractivity contribution is 7.17. The van der Waals surface area contributed by atoms with E-state index in [0.29, 0.717) is 11.0 Å². The summed E-state index contributed by atoms with van der Waals surface area (Å²) in [5, 5.41) is 9.92. The summed E-state index contributed by atoms with van der Waals surface area (Å²) in [5.74, 6) is -0.852. The number of hydrogen-bond donors (Lipinski definition) is 1. The van der Waals surface area contributed by atoms with Crippen LogP contribution in [0.3, 0.4) is 0 Å². The van der Waals surface area contributed by atoms with E-state index in [1.54, 1.807) is 6.07 Å². The molecule has 4 nitrogen and oxygen atoms in total. The van der Waals surface area contributed by atoms with Gasteiger partial charge in [0.05, 0.1) is 11.1 Å².